The molecular formula is C11H18N2O2. The van der Waals surface area contributed by atoms with E-state index in [0.717, 1.165) is 32.4 Å². The van der Waals surface area contributed by atoms with Crippen LogP contribution in [0.15, 0.2) is 0 Å². The molecule has 0 aromatic carbocycles. The Bertz CT molecular complexity index is 272. The quantitative estimate of drug-likeness (QED) is 0.729. The van der Waals surface area contributed by atoms with Crippen LogP contribution in [0.25, 0.3) is 0 Å². The molecule has 1 aliphatic heterocycles. The van der Waals surface area contributed by atoms with Gasteiger partial charge in [-0.2, -0.15) is 0 Å². The molecule has 0 aromatic rings. The molecule has 84 valence electrons. The van der Waals surface area contributed by atoms with E-state index in [1.807, 2.05) is 0 Å². The van der Waals surface area contributed by atoms with Gasteiger partial charge in [0.1, 0.15) is 5.78 Å². The third-order valence-electron chi connectivity index (χ3n) is 3.45. The number of nitrogens with zero attached hydrogens (tertiary/aromatic N) is 1. The second-order valence-electron chi connectivity index (χ2n) is 4.78. The fourth-order valence-electron chi connectivity index (χ4n) is 2.64. The number of primary amides is 1. The maximum Gasteiger partial charge on any atom is 0.217 e. The van der Waals surface area contributed by atoms with E-state index in [0.29, 0.717) is 30.6 Å². The highest BCUT2D eigenvalue weighted by Crippen LogP contribution is 2.28. The Morgan fingerprint density at radius 1 is 1.47 bits per heavy atom. The molecule has 0 bridgehead atoms. The summed E-state index contributed by atoms with van der Waals surface area (Å²) in [7, 11) is 0. The molecule has 1 amide bonds. The lowest BCUT2D eigenvalue weighted by molar-refractivity contribution is -0.125. The second-order valence-corrected chi connectivity index (χ2v) is 4.78. The van der Waals surface area contributed by atoms with Crippen molar-refractivity contribution < 1.29 is 9.59 Å². The van der Waals surface area contributed by atoms with Gasteiger partial charge >= 0.3 is 0 Å². The lowest BCUT2D eigenvalue weighted by atomic mass is 9.87. The van der Waals surface area contributed by atoms with Crippen molar-refractivity contribution in [3.8, 4) is 0 Å². The Balaban J connectivity index is 1.74. The fraction of sp³-hybridized carbons (Fsp3) is 0.818. The normalized spacial score (nSPS) is 28.8. The zero-order valence-corrected chi connectivity index (χ0v) is 8.95. The van der Waals surface area contributed by atoms with Gasteiger partial charge in [0.2, 0.25) is 5.91 Å². The Hall–Kier alpha value is -0.900. The molecule has 2 N–H and O–H groups in total. The molecular weight excluding hydrogens is 192 g/mol. The highest BCUT2D eigenvalue weighted by Gasteiger charge is 2.34. The minimum absolute atomic E-state index is 0.209. The maximum atomic E-state index is 11.3. The van der Waals surface area contributed by atoms with Gasteiger partial charge < -0.3 is 5.73 Å². The molecule has 1 saturated carbocycles. The van der Waals surface area contributed by atoms with Crippen molar-refractivity contribution >= 4 is 11.7 Å². The number of likely N-dealkylation sites (tertiary alicyclic amines) is 1. The van der Waals surface area contributed by atoms with Crippen LogP contribution in [0.1, 0.15) is 32.1 Å². The predicted octanol–water partition coefficient (Wildman–Crippen LogP) is 0.305. The molecule has 2 fully saturated rings. The number of hydrogen-bond donors (Lipinski definition) is 1. The third-order valence-corrected chi connectivity index (χ3v) is 3.45. The standard InChI is InChI=1S/C11H18N2O2/c12-11(15)4-8-6-13(7-8)9-2-1-3-10(14)5-9/h8-9H,1-7H2,(H2,12,15). The molecule has 1 unspecified atom stereocenters. The fourth-order valence-corrected chi connectivity index (χ4v) is 2.64. The van der Waals surface area contributed by atoms with Gasteiger partial charge in [0.15, 0.2) is 0 Å². The van der Waals surface area contributed by atoms with Crippen LogP contribution < -0.4 is 5.73 Å². The lowest BCUT2D eigenvalue weighted by Crippen LogP contribution is -2.54. The van der Waals surface area contributed by atoms with Crippen molar-refractivity contribution in [2.24, 2.45) is 11.7 Å². The van der Waals surface area contributed by atoms with E-state index >= 15 is 0 Å². The largest absolute Gasteiger partial charge is 0.370 e. The summed E-state index contributed by atoms with van der Waals surface area (Å²) in [6.07, 6.45) is 4.13. The first-order chi connectivity index (χ1) is 7.15. The number of carbonyl (C=O) groups excluding carboxylic acids is 2. The first-order valence-corrected chi connectivity index (χ1v) is 5.69. The zero-order valence-electron chi connectivity index (χ0n) is 8.95. The van der Waals surface area contributed by atoms with E-state index < -0.39 is 0 Å². The first kappa shape index (κ1) is 10.6. The summed E-state index contributed by atoms with van der Waals surface area (Å²) < 4.78 is 0. The van der Waals surface area contributed by atoms with E-state index in [1.54, 1.807) is 0 Å². The summed E-state index contributed by atoms with van der Waals surface area (Å²) in [4.78, 5) is 24.3. The molecule has 0 aromatic heterocycles. The van der Waals surface area contributed by atoms with Gasteiger partial charge in [-0.15, -0.1) is 0 Å². The summed E-state index contributed by atoms with van der Waals surface area (Å²) in [6.45, 7) is 1.89. The average molecular weight is 210 g/mol. The van der Waals surface area contributed by atoms with Crippen LogP contribution in [0.3, 0.4) is 0 Å². The van der Waals surface area contributed by atoms with Crippen molar-refractivity contribution in [2.75, 3.05) is 13.1 Å². The summed E-state index contributed by atoms with van der Waals surface area (Å²) >= 11 is 0. The Morgan fingerprint density at radius 2 is 2.20 bits per heavy atom. The molecule has 4 nitrogen and oxygen atoms in total. The van der Waals surface area contributed by atoms with Gasteiger partial charge in [-0.05, 0) is 18.8 Å². The van der Waals surface area contributed by atoms with Crippen LogP contribution in [0, 0.1) is 5.92 Å². The molecule has 15 heavy (non-hydrogen) atoms. The summed E-state index contributed by atoms with van der Waals surface area (Å²) in [5.41, 5.74) is 5.14. The van der Waals surface area contributed by atoms with E-state index in [9.17, 15) is 9.59 Å². The second kappa shape index (κ2) is 4.31. The smallest absolute Gasteiger partial charge is 0.217 e. The average Bonchev–Trinajstić information content (AvgIpc) is 2.10. The number of ketones is 1. The van der Waals surface area contributed by atoms with E-state index in [2.05, 4.69) is 4.90 Å². The Labute approximate surface area is 89.8 Å². The number of rotatable bonds is 3. The first-order valence-electron chi connectivity index (χ1n) is 5.69. The van der Waals surface area contributed by atoms with Crippen molar-refractivity contribution in [3.63, 3.8) is 0 Å². The molecule has 1 heterocycles. The van der Waals surface area contributed by atoms with E-state index in [1.165, 1.54) is 0 Å². The highest BCUT2D eigenvalue weighted by molar-refractivity contribution is 5.79. The molecule has 0 radical (unpaired) electrons. The molecule has 2 rings (SSSR count). The van der Waals surface area contributed by atoms with Crippen LogP contribution in [0.2, 0.25) is 0 Å². The van der Waals surface area contributed by atoms with E-state index in [4.69, 9.17) is 5.73 Å². The van der Waals surface area contributed by atoms with Gasteiger partial charge in [-0.1, -0.05) is 0 Å². The van der Waals surface area contributed by atoms with Crippen molar-refractivity contribution in [1.82, 2.24) is 4.90 Å². The van der Waals surface area contributed by atoms with Crippen molar-refractivity contribution in [1.29, 1.82) is 0 Å². The molecule has 2 aliphatic rings. The highest BCUT2D eigenvalue weighted by atomic mass is 16.1. The SMILES string of the molecule is NC(=O)CC1CN(C2CCCC(=O)C2)C1. The number of carbonyl (C=O) groups is 2. The van der Waals surface area contributed by atoms with E-state index in [-0.39, 0.29) is 5.91 Å². The number of hydrogen-bond acceptors (Lipinski definition) is 3. The van der Waals surface area contributed by atoms with Gasteiger partial charge in [0, 0.05) is 38.4 Å². The third kappa shape index (κ3) is 2.56. The van der Waals surface area contributed by atoms with Gasteiger partial charge in [-0.25, -0.2) is 0 Å². The molecule has 1 aliphatic carbocycles. The molecule has 4 heteroatoms. The van der Waals surface area contributed by atoms with Crippen LogP contribution >= 0.6 is 0 Å². The van der Waals surface area contributed by atoms with Gasteiger partial charge in [0.25, 0.3) is 0 Å². The van der Waals surface area contributed by atoms with Crippen molar-refractivity contribution in [2.45, 2.75) is 38.1 Å². The van der Waals surface area contributed by atoms with Gasteiger partial charge in [-0.3, -0.25) is 14.5 Å². The zero-order chi connectivity index (χ0) is 10.8. The lowest BCUT2D eigenvalue weighted by Gasteiger charge is -2.45. The summed E-state index contributed by atoms with van der Waals surface area (Å²) in [5.74, 6) is 0.614. The maximum absolute atomic E-state index is 11.3. The van der Waals surface area contributed by atoms with Crippen molar-refractivity contribution in [3.05, 3.63) is 0 Å². The van der Waals surface area contributed by atoms with Gasteiger partial charge in [0.05, 0.1) is 0 Å². The summed E-state index contributed by atoms with van der Waals surface area (Å²) in [5, 5.41) is 0. The minimum atomic E-state index is -0.209. The van der Waals surface area contributed by atoms with Crippen LogP contribution in [0.4, 0.5) is 0 Å². The number of Topliss-reactive ketones (excluding diaryl/α,β-unsaturated/α-hetero) is 1. The van der Waals surface area contributed by atoms with Crippen LogP contribution in [-0.2, 0) is 9.59 Å². The van der Waals surface area contributed by atoms with Crippen LogP contribution in [0.5, 0.6) is 0 Å². The molecule has 1 atom stereocenters. The van der Waals surface area contributed by atoms with Crippen LogP contribution in [-0.4, -0.2) is 35.7 Å². The monoisotopic (exact) mass is 210 g/mol. The Kier molecular flexibility index (Phi) is 3.05. The minimum Gasteiger partial charge on any atom is -0.370 e. The molecule has 0 spiro atoms. The Morgan fingerprint density at radius 3 is 2.80 bits per heavy atom. The predicted molar refractivity (Wildman–Crippen MR) is 56.1 cm³/mol. The molecule has 1 saturated heterocycles. The number of amides is 1. The number of nitrogens with two attached hydrogens (primary N) is 1. The topological polar surface area (TPSA) is 63.4 Å². The summed E-state index contributed by atoms with van der Waals surface area (Å²) in [6, 6.07) is 0.440.